The molecule has 0 bridgehead atoms. The quantitative estimate of drug-likeness (QED) is 0.174. The first-order valence-electron chi connectivity index (χ1n) is 17.9. The Balaban J connectivity index is 1.21. The standard InChI is InChI=1S/C49H29N3O/c1-2-12-30(13-3-1)35-28-43(46-41-20-10-11-21-44(41)53-45(46)29-35)49-51-47(33-23-22-31-14-4-5-15-32(31)26-33)50-48(52-49)34-24-25-40-38-18-7-6-16-36(38)37-17-8-9-19-39(37)42(40)27-34/h1-29H. The minimum absolute atomic E-state index is 0.593. The van der Waals surface area contributed by atoms with Crippen LogP contribution in [-0.2, 0) is 0 Å². The van der Waals surface area contributed by atoms with Crippen LogP contribution in [0.15, 0.2) is 180 Å². The van der Waals surface area contributed by atoms with E-state index in [0.717, 1.165) is 55.1 Å². The van der Waals surface area contributed by atoms with E-state index in [-0.39, 0.29) is 0 Å². The summed E-state index contributed by atoms with van der Waals surface area (Å²) in [4.78, 5) is 15.8. The van der Waals surface area contributed by atoms with E-state index in [9.17, 15) is 0 Å². The van der Waals surface area contributed by atoms with Crippen LogP contribution in [-0.4, -0.2) is 15.0 Å². The van der Waals surface area contributed by atoms with Gasteiger partial charge in [0.1, 0.15) is 11.2 Å². The minimum Gasteiger partial charge on any atom is -0.456 e. The lowest BCUT2D eigenvalue weighted by Crippen LogP contribution is -2.01. The molecule has 0 spiro atoms. The summed E-state index contributed by atoms with van der Waals surface area (Å²) in [5, 5.41) is 11.6. The number of fused-ring (bicyclic) bond motifs is 10. The third kappa shape index (κ3) is 4.80. The van der Waals surface area contributed by atoms with E-state index in [1.807, 2.05) is 18.2 Å². The second kappa shape index (κ2) is 11.7. The van der Waals surface area contributed by atoms with Crippen molar-refractivity contribution in [1.82, 2.24) is 15.0 Å². The molecule has 0 saturated carbocycles. The van der Waals surface area contributed by atoms with Gasteiger partial charge in [-0.2, -0.15) is 0 Å². The molecule has 0 aliphatic carbocycles. The Morgan fingerprint density at radius 3 is 1.58 bits per heavy atom. The average Bonchev–Trinajstić information content (AvgIpc) is 3.62. The number of aromatic nitrogens is 3. The van der Waals surface area contributed by atoms with Crippen LogP contribution in [0.3, 0.4) is 0 Å². The normalized spacial score (nSPS) is 11.8. The molecule has 0 saturated heterocycles. The molecule has 246 valence electrons. The van der Waals surface area contributed by atoms with Gasteiger partial charge < -0.3 is 4.42 Å². The highest BCUT2D eigenvalue weighted by atomic mass is 16.3. The van der Waals surface area contributed by atoms with Gasteiger partial charge in [-0.05, 0) is 84.5 Å². The van der Waals surface area contributed by atoms with Gasteiger partial charge in [-0.25, -0.2) is 15.0 Å². The number of para-hydroxylation sites is 1. The second-order valence-electron chi connectivity index (χ2n) is 13.6. The number of furan rings is 1. The molecule has 0 unspecified atom stereocenters. The second-order valence-corrected chi connectivity index (χ2v) is 13.6. The van der Waals surface area contributed by atoms with Gasteiger partial charge in [-0.15, -0.1) is 0 Å². The van der Waals surface area contributed by atoms with Gasteiger partial charge >= 0.3 is 0 Å². The molecule has 11 rings (SSSR count). The van der Waals surface area contributed by atoms with Crippen LogP contribution in [0.25, 0.3) is 110 Å². The lowest BCUT2D eigenvalue weighted by atomic mass is 9.93. The first kappa shape index (κ1) is 29.5. The highest BCUT2D eigenvalue weighted by Gasteiger charge is 2.20. The van der Waals surface area contributed by atoms with E-state index < -0.39 is 0 Å². The Kier molecular flexibility index (Phi) is 6.52. The number of hydrogen-bond acceptors (Lipinski definition) is 4. The third-order valence-electron chi connectivity index (χ3n) is 10.5. The number of rotatable bonds is 4. The molecule has 2 heterocycles. The summed E-state index contributed by atoms with van der Waals surface area (Å²) in [7, 11) is 0. The smallest absolute Gasteiger partial charge is 0.164 e. The van der Waals surface area contributed by atoms with E-state index >= 15 is 0 Å². The van der Waals surface area contributed by atoms with Crippen molar-refractivity contribution in [1.29, 1.82) is 0 Å². The molecule has 0 radical (unpaired) electrons. The summed E-state index contributed by atoms with van der Waals surface area (Å²) in [5.74, 6) is 1.82. The zero-order chi connectivity index (χ0) is 34.9. The number of nitrogens with zero attached hydrogens (tertiary/aromatic N) is 3. The fourth-order valence-corrected chi connectivity index (χ4v) is 7.96. The van der Waals surface area contributed by atoms with E-state index in [0.29, 0.717) is 17.5 Å². The van der Waals surface area contributed by atoms with Crippen molar-refractivity contribution < 1.29 is 4.42 Å². The third-order valence-corrected chi connectivity index (χ3v) is 10.5. The molecule has 4 nitrogen and oxygen atoms in total. The molecule has 0 N–H and O–H groups in total. The fraction of sp³-hybridized carbons (Fsp3) is 0. The van der Waals surface area contributed by atoms with Crippen molar-refractivity contribution in [3.05, 3.63) is 176 Å². The molecule has 11 aromatic rings. The molecule has 4 heteroatoms. The van der Waals surface area contributed by atoms with Gasteiger partial charge in [0.2, 0.25) is 0 Å². The maximum absolute atomic E-state index is 6.51. The predicted molar refractivity (Wildman–Crippen MR) is 219 cm³/mol. The lowest BCUT2D eigenvalue weighted by Gasteiger charge is -2.13. The molecule has 0 fully saturated rings. The molecule has 0 aliphatic rings. The largest absolute Gasteiger partial charge is 0.456 e. The highest BCUT2D eigenvalue weighted by Crippen LogP contribution is 2.41. The first-order valence-corrected chi connectivity index (χ1v) is 17.9. The maximum atomic E-state index is 6.51. The minimum atomic E-state index is 0.593. The monoisotopic (exact) mass is 675 g/mol. The van der Waals surface area contributed by atoms with Crippen molar-refractivity contribution >= 4 is 65.0 Å². The first-order chi connectivity index (χ1) is 26.2. The highest BCUT2D eigenvalue weighted by molar-refractivity contribution is 6.25. The van der Waals surface area contributed by atoms with E-state index in [2.05, 4.69) is 158 Å². The van der Waals surface area contributed by atoms with Gasteiger partial charge in [-0.1, -0.05) is 146 Å². The van der Waals surface area contributed by atoms with Crippen molar-refractivity contribution in [3.63, 3.8) is 0 Å². The van der Waals surface area contributed by atoms with Gasteiger partial charge in [0.05, 0.1) is 0 Å². The van der Waals surface area contributed by atoms with Crippen LogP contribution in [0.4, 0.5) is 0 Å². The van der Waals surface area contributed by atoms with Gasteiger partial charge in [0, 0.05) is 27.5 Å². The molecule has 0 aliphatic heterocycles. The Morgan fingerprint density at radius 1 is 0.302 bits per heavy atom. The van der Waals surface area contributed by atoms with Crippen LogP contribution in [0, 0.1) is 0 Å². The summed E-state index contributed by atoms with van der Waals surface area (Å²) in [6.07, 6.45) is 0. The van der Waals surface area contributed by atoms with Crippen molar-refractivity contribution in [2.24, 2.45) is 0 Å². The van der Waals surface area contributed by atoms with Crippen LogP contribution < -0.4 is 0 Å². The van der Waals surface area contributed by atoms with E-state index in [1.54, 1.807) is 0 Å². The summed E-state index contributed by atoms with van der Waals surface area (Å²) in [5.41, 5.74) is 6.50. The summed E-state index contributed by atoms with van der Waals surface area (Å²) in [6.45, 7) is 0. The van der Waals surface area contributed by atoms with Gasteiger partial charge in [0.15, 0.2) is 17.5 Å². The van der Waals surface area contributed by atoms with Crippen LogP contribution >= 0.6 is 0 Å². The molecule has 0 amide bonds. The Morgan fingerprint density at radius 2 is 0.849 bits per heavy atom. The molecular weight excluding hydrogens is 647 g/mol. The summed E-state index contributed by atoms with van der Waals surface area (Å²) in [6, 6.07) is 61.6. The lowest BCUT2D eigenvalue weighted by molar-refractivity contribution is 0.669. The fourth-order valence-electron chi connectivity index (χ4n) is 7.96. The van der Waals surface area contributed by atoms with Crippen molar-refractivity contribution in [2.45, 2.75) is 0 Å². The van der Waals surface area contributed by atoms with Crippen LogP contribution in [0.1, 0.15) is 0 Å². The summed E-state index contributed by atoms with van der Waals surface area (Å²) >= 11 is 0. The predicted octanol–water partition coefficient (Wildman–Crippen LogP) is 13.1. The van der Waals surface area contributed by atoms with E-state index in [4.69, 9.17) is 19.4 Å². The average molecular weight is 676 g/mol. The van der Waals surface area contributed by atoms with Crippen LogP contribution in [0.5, 0.6) is 0 Å². The zero-order valence-corrected chi connectivity index (χ0v) is 28.5. The molecule has 9 aromatic carbocycles. The molecular formula is C49H29N3O. The SMILES string of the molecule is c1ccc(-c2cc(-c3nc(-c4ccc5ccccc5c4)nc(-c4ccc5c6ccccc6c6ccccc6c5c4)n3)c3c(c2)oc2ccccc23)cc1. The molecule has 2 aromatic heterocycles. The Bertz CT molecular complexity index is 3200. The van der Waals surface area contributed by atoms with Crippen molar-refractivity contribution in [3.8, 4) is 45.3 Å². The summed E-state index contributed by atoms with van der Waals surface area (Å²) < 4.78 is 6.51. The van der Waals surface area contributed by atoms with E-state index in [1.165, 1.54) is 37.7 Å². The molecule has 0 atom stereocenters. The van der Waals surface area contributed by atoms with Gasteiger partial charge in [0.25, 0.3) is 0 Å². The maximum Gasteiger partial charge on any atom is 0.164 e. The topological polar surface area (TPSA) is 51.8 Å². The van der Waals surface area contributed by atoms with Crippen molar-refractivity contribution in [2.75, 3.05) is 0 Å². The number of benzene rings is 9. The zero-order valence-electron chi connectivity index (χ0n) is 28.5. The number of hydrogen-bond donors (Lipinski definition) is 0. The molecule has 53 heavy (non-hydrogen) atoms. The Hall–Kier alpha value is -7.17. The van der Waals surface area contributed by atoms with Gasteiger partial charge in [-0.3, -0.25) is 0 Å². The Labute approximate surface area is 304 Å². The van der Waals surface area contributed by atoms with Crippen LogP contribution in [0.2, 0.25) is 0 Å².